The molecule has 4 nitrogen and oxygen atoms in total. The van der Waals surface area contributed by atoms with Gasteiger partial charge in [-0.05, 0) is 73.5 Å². The van der Waals surface area contributed by atoms with Crippen molar-refractivity contribution in [3.05, 3.63) is 101 Å². The largest absolute Gasteiger partial charge is 0.362 e. The maximum Gasteiger partial charge on any atom is 0.0991 e. The third-order valence-corrected chi connectivity index (χ3v) is 7.51. The van der Waals surface area contributed by atoms with Crippen molar-refractivity contribution in [3.63, 3.8) is 0 Å². The molecular weight excluding hydrogens is 404 g/mol. The number of nitrogens with one attached hydrogen (secondary N) is 1. The Balaban J connectivity index is 1.21. The minimum atomic E-state index is 0.282. The van der Waals surface area contributed by atoms with E-state index in [0.29, 0.717) is 5.92 Å². The van der Waals surface area contributed by atoms with Gasteiger partial charge >= 0.3 is 0 Å². The highest BCUT2D eigenvalue weighted by molar-refractivity contribution is 5.70. The monoisotopic (exact) mass is 436 g/mol. The summed E-state index contributed by atoms with van der Waals surface area (Å²) in [5.41, 5.74) is 9.38. The van der Waals surface area contributed by atoms with Crippen LogP contribution in [0.25, 0.3) is 5.70 Å². The second-order valence-electron chi connectivity index (χ2n) is 9.66. The van der Waals surface area contributed by atoms with E-state index < -0.39 is 0 Å². The van der Waals surface area contributed by atoms with Crippen molar-refractivity contribution in [2.24, 2.45) is 0 Å². The van der Waals surface area contributed by atoms with Crippen LogP contribution in [0.2, 0.25) is 0 Å². The number of nitriles is 1. The Hall–Kier alpha value is -3.29. The molecule has 1 unspecified atom stereocenters. The topological polar surface area (TPSA) is 42.3 Å². The highest BCUT2D eigenvalue weighted by Crippen LogP contribution is 2.39. The number of hydrogen-bond donors (Lipinski definition) is 1. The molecule has 0 amide bonds. The molecule has 0 radical (unpaired) electrons. The summed E-state index contributed by atoms with van der Waals surface area (Å²) in [4.78, 5) is 4.95. The van der Waals surface area contributed by atoms with E-state index in [-0.39, 0.29) is 6.04 Å². The molecule has 1 N–H and O–H groups in total. The Morgan fingerprint density at radius 1 is 1.00 bits per heavy atom. The van der Waals surface area contributed by atoms with E-state index in [1.165, 1.54) is 35.1 Å². The van der Waals surface area contributed by atoms with Crippen molar-refractivity contribution < 1.29 is 0 Å². The van der Waals surface area contributed by atoms with E-state index in [2.05, 4.69) is 71.3 Å². The molecule has 4 heteroatoms. The van der Waals surface area contributed by atoms with Crippen LogP contribution in [0.15, 0.2) is 73.6 Å². The molecule has 2 aromatic rings. The number of rotatable bonds is 4. The summed E-state index contributed by atoms with van der Waals surface area (Å²) in [5, 5.41) is 12.3. The zero-order valence-electron chi connectivity index (χ0n) is 19.3. The Bertz CT molecular complexity index is 1130. The first-order chi connectivity index (χ1) is 16.0. The van der Waals surface area contributed by atoms with E-state index in [9.17, 15) is 0 Å². The number of fused-ring (bicyclic) bond motifs is 1. The number of piperidine rings is 2. The van der Waals surface area contributed by atoms with Gasteiger partial charge in [-0.1, -0.05) is 50.1 Å². The minimum Gasteiger partial charge on any atom is -0.362 e. The van der Waals surface area contributed by atoms with Gasteiger partial charge in [0.1, 0.15) is 0 Å². The molecule has 3 aliphatic heterocycles. The summed E-state index contributed by atoms with van der Waals surface area (Å²) < 4.78 is 0. The highest BCUT2D eigenvalue weighted by atomic mass is 15.2. The lowest BCUT2D eigenvalue weighted by molar-refractivity contribution is 0.204. The fraction of sp³-hybridized carbons (Fsp3) is 0.345. The van der Waals surface area contributed by atoms with Gasteiger partial charge in [0.15, 0.2) is 0 Å². The predicted molar refractivity (Wildman–Crippen MR) is 134 cm³/mol. The molecule has 0 bridgehead atoms. The van der Waals surface area contributed by atoms with Crippen molar-refractivity contribution in [2.45, 2.75) is 50.7 Å². The third-order valence-electron chi connectivity index (χ3n) is 7.51. The van der Waals surface area contributed by atoms with Crippen LogP contribution in [0, 0.1) is 11.3 Å². The smallest absolute Gasteiger partial charge is 0.0991 e. The molecule has 2 aromatic carbocycles. The SMILES string of the molecule is C=C1CCC(N2Cc3cc(C4CCN(Cc5ccc(C#N)cc5)CC4)ccc3C2=C)C(=C)N1. The fourth-order valence-corrected chi connectivity index (χ4v) is 5.58. The molecule has 0 saturated carbocycles. The van der Waals surface area contributed by atoms with Crippen molar-refractivity contribution in [2.75, 3.05) is 13.1 Å². The second kappa shape index (κ2) is 8.92. The first-order valence-electron chi connectivity index (χ1n) is 12.0. The molecule has 168 valence electrons. The van der Waals surface area contributed by atoms with Gasteiger partial charge in [-0.3, -0.25) is 4.90 Å². The molecule has 33 heavy (non-hydrogen) atoms. The predicted octanol–water partition coefficient (Wildman–Crippen LogP) is 5.50. The second-order valence-corrected chi connectivity index (χ2v) is 9.66. The first kappa shape index (κ1) is 21.6. The van der Waals surface area contributed by atoms with Gasteiger partial charge in [-0.2, -0.15) is 5.26 Å². The molecule has 0 spiro atoms. The number of likely N-dealkylation sites (tertiary alicyclic amines) is 1. The average molecular weight is 437 g/mol. The van der Waals surface area contributed by atoms with E-state index in [1.807, 2.05) is 12.1 Å². The van der Waals surface area contributed by atoms with E-state index in [0.717, 1.165) is 61.7 Å². The van der Waals surface area contributed by atoms with Gasteiger partial charge in [-0.25, -0.2) is 0 Å². The van der Waals surface area contributed by atoms with Crippen molar-refractivity contribution >= 4 is 5.70 Å². The van der Waals surface area contributed by atoms with Crippen LogP contribution in [0.4, 0.5) is 0 Å². The van der Waals surface area contributed by atoms with Gasteiger partial charge in [-0.15, -0.1) is 0 Å². The van der Waals surface area contributed by atoms with Gasteiger partial charge in [0.05, 0.1) is 17.7 Å². The van der Waals surface area contributed by atoms with Crippen LogP contribution in [0.5, 0.6) is 0 Å². The normalized spacial score (nSPS) is 21.6. The van der Waals surface area contributed by atoms with Crippen LogP contribution in [-0.2, 0) is 13.1 Å². The van der Waals surface area contributed by atoms with Crippen LogP contribution >= 0.6 is 0 Å². The van der Waals surface area contributed by atoms with E-state index >= 15 is 0 Å². The maximum atomic E-state index is 8.98. The molecule has 5 rings (SSSR count). The molecular formula is C29H32N4. The molecule has 3 aliphatic rings. The Labute approximate surface area is 197 Å². The Morgan fingerprint density at radius 3 is 2.45 bits per heavy atom. The highest BCUT2D eigenvalue weighted by Gasteiger charge is 2.32. The quantitative estimate of drug-likeness (QED) is 0.687. The van der Waals surface area contributed by atoms with Crippen molar-refractivity contribution in [1.29, 1.82) is 5.26 Å². The zero-order valence-corrected chi connectivity index (χ0v) is 19.3. The maximum absolute atomic E-state index is 8.98. The average Bonchev–Trinajstić information content (AvgIpc) is 3.15. The lowest BCUT2D eigenvalue weighted by Gasteiger charge is -2.36. The van der Waals surface area contributed by atoms with Gasteiger partial charge in [0, 0.05) is 35.7 Å². The number of hydrogen-bond acceptors (Lipinski definition) is 4. The van der Waals surface area contributed by atoms with Crippen LogP contribution in [0.3, 0.4) is 0 Å². The number of allylic oxidation sites excluding steroid dienone is 1. The lowest BCUT2D eigenvalue weighted by Crippen LogP contribution is -2.39. The van der Waals surface area contributed by atoms with Crippen LogP contribution in [-0.4, -0.2) is 28.9 Å². The van der Waals surface area contributed by atoms with E-state index in [4.69, 9.17) is 5.26 Å². The fourth-order valence-electron chi connectivity index (χ4n) is 5.58. The van der Waals surface area contributed by atoms with E-state index in [1.54, 1.807) is 0 Å². The molecule has 0 aromatic heterocycles. The molecule has 2 saturated heterocycles. The van der Waals surface area contributed by atoms with Crippen LogP contribution in [0.1, 0.15) is 59.4 Å². The third kappa shape index (κ3) is 4.34. The summed E-state index contributed by atoms with van der Waals surface area (Å²) in [6.07, 6.45) is 4.40. The molecule has 3 heterocycles. The number of benzene rings is 2. The summed E-state index contributed by atoms with van der Waals surface area (Å²) in [5.74, 6) is 0.615. The summed E-state index contributed by atoms with van der Waals surface area (Å²) in [7, 11) is 0. The van der Waals surface area contributed by atoms with Crippen LogP contribution < -0.4 is 5.32 Å². The molecule has 1 atom stereocenters. The zero-order chi connectivity index (χ0) is 22.9. The summed E-state index contributed by atoms with van der Waals surface area (Å²) >= 11 is 0. The summed E-state index contributed by atoms with van der Waals surface area (Å²) in [6, 6.07) is 17.5. The Morgan fingerprint density at radius 2 is 1.76 bits per heavy atom. The van der Waals surface area contributed by atoms with Gasteiger partial charge < -0.3 is 10.2 Å². The lowest BCUT2D eigenvalue weighted by atomic mass is 9.87. The molecule has 0 aliphatic carbocycles. The minimum absolute atomic E-state index is 0.282. The van der Waals surface area contributed by atoms with Gasteiger partial charge in [0.2, 0.25) is 0 Å². The van der Waals surface area contributed by atoms with Gasteiger partial charge in [0.25, 0.3) is 0 Å². The standard InChI is InChI=1S/C29H32N4/c1-20-4-11-29(21(2)31-20)33-19-27-16-26(9-10-28(27)22(33)3)25-12-14-32(15-13-25)18-24-7-5-23(17-30)6-8-24/h5-10,16,25,29,31H,1-4,11-15,18-19H2. The first-order valence-corrected chi connectivity index (χ1v) is 12.0. The molecule has 2 fully saturated rings. The van der Waals surface area contributed by atoms with Crippen molar-refractivity contribution in [3.8, 4) is 6.07 Å². The summed E-state index contributed by atoms with van der Waals surface area (Å²) in [6.45, 7) is 16.8. The van der Waals surface area contributed by atoms with Crippen molar-refractivity contribution in [1.82, 2.24) is 15.1 Å². The number of nitrogens with zero attached hydrogens (tertiary/aromatic N) is 3. The Kier molecular flexibility index (Phi) is 5.83.